The van der Waals surface area contributed by atoms with E-state index in [-0.39, 0.29) is 10.8 Å². The molecule has 11 aromatic rings. The fraction of sp³-hybridized carbons (Fsp3) is 0.342. The third-order valence-electron chi connectivity index (χ3n) is 19.3. The van der Waals surface area contributed by atoms with Crippen LogP contribution in [0, 0.1) is 0 Å². The average molecular weight is 991 g/mol. The minimum atomic E-state index is -0.0499. The lowest BCUT2D eigenvalue weighted by atomic mass is 9.68. The van der Waals surface area contributed by atoms with Crippen LogP contribution in [0.1, 0.15) is 178 Å². The Morgan fingerprint density at radius 2 is 0.605 bits per heavy atom. The van der Waals surface area contributed by atoms with Crippen LogP contribution < -0.4 is 0 Å². The maximum atomic E-state index is 2.83. The second kappa shape index (κ2) is 20.5. The second-order valence-electron chi connectivity index (χ2n) is 23.8. The highest BCUT2D eigenvalue weighted by Gasteiger charge is 2.48. The van der Waals surface area contributed by atoms with Gasteiger partial charge in [-0.1, -0.05) is 258 Å². The molecule has 0 atom stereocenters. The van der Waals surface area contributed by atoms with Crippen molar-refractivity contribution in [1.29, 1.82) is 0 Å². The highest BCUT2D eigenvalue weighted by molar-refractivity contribution is 6.27. The Balaban J connectivity index is 1.03. The van der Waals surface area contributed by atoms with Crippen LogP contribution in [0.15, 0.2) is 158 Å². The van der Waals surface area contributed by atoms with E-state index in [1.165, 1.54) is 238 Å². The van der Waals surface area contributed by atoms with Crippen molar-refractivity contribution in [2.24, 2.45) is 0 Å². The predicted molar refractivity (Wildman–Crippen MR) is 332 cm³/mol. The minimum Gasteiger partial charge on any atom is -0.0654 e. The lowest BCUT2D eigenvalue weighted by Crippen LogP contribution is -2.27. The molecule has 0 spiro atoms. The number of unbranched alkanes of at least 4 members (excludes halogenated alkanes) is 12. The van der Waals surface area contributed by atoms with Gasteiger partial charge in [-0.15, -0.1) is 0 Å². The molecule has 0 amide bonds. The molecule has 0 aromatic heterocycles. The molecule has 382 valence electrons. The molecule has 0 fully saturated rings. The summed E-state index contributed by atoms with van der Waals surface area (Å²) in [6.07, 6.45) is 25.3. The summed E-state index contributed by atoms with van der Waals surface area (Å²) in [6.45, 7) is 9.49. The molecule has 0 nitrogen and oxygen atoms in total. The lowest BCUT2D eigenvalue weighted by molar-refractivity contribution is 0.397. The fourth-order valence-corrected chi connectivity index (χ4v) is 15.5. The first-order valence-corrected chi connectivity index (χ1v) is 30.3. The van der Waals surface area contributed by atoms with Gasteiger partial charge in [-0.2, -0.15) is 0 Å². The van der Waals surface area contributed by atoms with Gasteiger partial charge in [-0.25, -0.2) is 0 Å². The van der Waals surface area contributed by atoms with E-state index in [0.717, 1.165) is 0 Å². The highest BCUT2D eigenvalue weighted by atomic mass is 14.5. The van der Waals surface area contributed by atoms with Crippen LogP contribution in [0.5, 0.6) is 0 Å². The first-order valence-electron chi connectivity index (χ1n) is 30.3. The summed E-state index contributed by atoms with van der Waals surface area (Å²) in [5, 5.41) is 16.4. The normalized spacial score (nSPS) is 14.3. The fourth-order valence-electron chi connectivity index (χ4n) is 15.5. The monoisotopic (exact) mass is 991 g/mol. The molecular formula is C76H78. The van der Waals surface area contributed by atoms with Gasteiger partial charge in [0.15, 0.2) is 0 Å². The smallest absolute Gasteiger partial charge is 0.0215 e. The van der Waals surface area contributed by atoms with Crippen molar-refractivity contribution in [2.75, 3.05) is 0 Å². The third-order valence-corrected chi connectivity index (χ3v) is 19.3. The maximum absolute atomic E-state index is 2.83. The topological polar surface area (TPSA) is 0 Å². The Kier molecular flexibility index (Phi) is 13.2. The van der Waals surface area contributed by atoms with E-state index in [9.17, 15) is 0 Å². The van der Waals surface area contributed by atoms with Crippen molar-refractivity contribution < 1.29 is 0 Å². The van der Waals surface area contributed by atoms with Gasteiger partial charge in [0.05, 0.1) is 0 Å². The van der Waals surface area contributed by atoms with Crippen molar-refractivity contribution in [2.45, 2.75) is 167 Å². The molecule has 2 aliphatic carbocycles. The zero-order chi connectivity index (χ0) is 51.4. The largest absolute Gasteiger partial charge is 0.0654 e. The Bertz CT molecular complexity index is 3860. The Morgan fingerprint density at radius 1 is 0.250 bits per heavy atom. The van der Waals surface area contributed by atoms with Crippen LogP contribution in [0.25, 0.3) is 109 Å². The SMILES string of the molecule is CCCCCCC1(CCCCCC)c2cc(-c3ccc4ccc5cccc6ccc3c4c56)ccc2-c2cc3c(cc21)-c1ccc(-c2cc4cccc5ccc6cccc2c6c54)cc1C3(CCCCCC)CCCCCC. The summed E-state index contributed by atoms with van der Waals surface area (Å²) in [7, 11) is 0. The first-order chi connectivity index (χ1) is 37.5. The van der Waals surface area contributed by atoms with Gasteiger partial charge < -0.3 is 0 Å². The lowest BCUT2D eigenvalue weighted by Gasteiger charge is -2.35. The molecule has 0 unspecified atom stereocenters. The van der Waals surface area contributed by atoms with Gasteiger partial charge in [0.2, 0.25) is 0 Å². The Labute approximate surface area is 453 Å². The first kappa shape index (κ1) is 49.1. The summed E-state index contributed by atoms with van der Waals surface area (Å²) >= 11 is 0. The predicted octanol–water partition coefficient (Wildman–Crippen LogP) is 23.2. The summed E-state index contributed by atoms with van der Waals surface area (Å²) in [6, 6.07) is 63.4. The Hall–Kier alpha value is -6.50. The number of fused-ring (bicyclic) bond motifs is 6. The zero-order valence-electron chi connectivity index (χ0n) is 46.2. The minimum absolute atomic E-state index is 0.0470. The summed E-state index contributed by atoms with van der Waals surface area (Å²) in [4.78, 5) is 0. The van der Waals surface area contributed by atoms with Gasteiger partial charge in [-0.05, 0) is 187 Å². The van der Waals surface area contributed by atoms with Crippen LogP contribution in [-0.4, -0.2) is 0 Å². The molecule has 76 heavy (non-hydrogen) atoms. The van der Waals surface area contributed by atoms with E-state index >= 15 is 0 Å². The number of benzene rings is 11. The van der Waals surface area contributed by atoms with E-state index in [4.69, 9.17) is 0 Å². The van der Waals surface area contributed by atoms with Gasteiger partial charge >= 0.3 is 0 Å². The van der Waals surface area contributed by atoms with Crippen LogP contribution in [-0.2, 0) is 10.8 Å². The standard InChI is InChI=1S/C76H78/c1-5-9-13-17-42-75(43-18-14-10-6-2)67-47-56(59-38-34-55-33-31-51-24-21-25-53-35-41-63(59)74(55)71(51)53)36-39-60(67)65-49-70-66(50-69(65)75)61-40-37-57(48-68(61)76(70,44-19-15-11-7-3)45-20-16-12-8-4)64-46-58-28-22-26-52-30-32-54-27-23-29-62(64)73(54)72(52)58/h21-41,46-50H,5-20,42-45H2,1-4H3. The molecule has 0 bridgehead atoms. The zero-order valence-corrected chi connectivity index (χ0v) is 46.2. The van der Waals surface area contributed by atoms with Gasteiger partial charge in [0, 0.05) is 10.8 Å². The van der Waals surface area contributed by atoms with E-state index < -0.39 is 0 Å². The van der Waals surface area contributed by atoms with Gasteiger partial charge in [0.1, 0.15) is 0 Å². The van der Waals surface area contributed by atoms with E-state index in [0.29, 0.717) is 0 Å². The number of hydrogen-bond acceptors (Lipinski definition) is 0. The summed E-state index contributed by atoms with van der Waals surface area (Å²) < 4.78 is 0. The van der Waals surface area contributed by atoms with Crippen LogP contribution in [0.4, 0.5) is 0 Å². The number of rotatable bonds is 22. The van der Waals surface area contributed by atoms with Crippen LogP contribution >= 0.6 is 0 Å². The molecule has 13 rings (SSSR count). The quantitative estimate of drug-likeness (QED) is 0.0469. The molecule has 0 N–H and O–H groups in total. The molecule has 11 aromatic carbocycles. The molecular weight excluding hydrogens is 913 g/mol. The third kappa shape index (κ3) is 7.97. The van der Waals surface area contributed by atoms with Crippen molar-refractivity contribution in [1.82, 2.24) is 0 Å². The molecule has 0 radical (unpaired) electrons. The van der Waals surface area contributed by atoms with Gasteiger partial charge in [-0.3, -0.25) is 0 Å². The van der Waals surface area contributed by atoms with Crippen LogP contribution in [0.3, 0.4) is 0 Å². The molecule has 0 saturated heterocycles. The second-order valence-corrected chi connectivity index (χ2v) is 23.8. The Morgan fingerprint density at radius 3 is 1.09 bits per heavy atom. The van der Waals surface area contributed by atoms with E-state index in [2.05, 4.69) is 185 Å². The summed E-state index contributed by atoms with van der Waals surface area (Å²) in [5.74, 6) is 0. The number of hydrogen-bond donors (Lipinski definition) is 0. The van der Waals surface area contributed by atoms with Crippen LogP contribution in [0.2, 0.25) is 0 Å². The molecule has 0 aliphatic heterocycles. The average Bonchev–Trinajstić information content (AvgIpc) is 4.06. The molecule has 0 saturated carbocycles. The van der Waals surface area contributed by atoms with Gasteiger partial charge in [0.25, 0.3) is 0 Å². The van der Waals surface area contributed by atoms with Crippen molar-refractivity contribution >= 4 is 64.6 Å². The van der Waals surface area contributed by atoms with Crippen molar-refractivity contribution in [3.8, 4) is 44.5 Å². The van der Waals surface area contributed by atoms with E-state index in [1.54, 1.807) is 22.3 Å². The van der Waals surface area contributed by atoms with Crippen molar-refractivity contribution in [3.05, 3.63) is 180 Å². The highest BCUT2D eigenvalue weighted by Crippen LogP contribution is 2.62. The van der Waals surface area contributed by atoms with Crippen molar-refractivity contribution in [3.63, 3.8) is 0 Å². The molecule has 2 aliphatic rings. The van der Waals surface area contributed by atoms with E-state index in [1.807, 2.05) is 0 Å². The summed E-state index contributed by atoms with van der Waals surface area (Å²) in [5.41, 5.74) is 17.9. The molecule has 0 heterocycles. The maximum Gasteiger partial charge on any atom is 0.0215 e. The molecule has 0 heteroatoms.